The summed E-state index contributed by atoms with van der Waals surface area (Å²) in [4.78, 5) is 8.52. The van der Waals surface area contributed by atoms with Crippen LogP contribution in [0, 0.1) is 6.92 Å². The minimum absolute atomic E-state index is 0.350. The van der Waals surface area contributed by atoms with Gasteiger partial charge in [0, 0.05) is 19.3 Å². The molecule has 0 atom stereocenters. The number of aromatic nitrogens is 4. The highest BCUT2D eigenvalue weighted by Crippen LogP contribution is 2.16. The standard InChI is InChI=1S/C11H15N5O/c1-8-4-9(5-12-2)15-11(14-8)17-10-6-13-16(3)7-10/h4,6-7,12H,5H2,1-3H3. The lowest BCUT2D eigenvalue weighted by Gasteiger charge is -2.05. The zero-order valence-electron chi connectivity index (χ0n) is 10.1. The predicted octanol–water partition coefficient (Wildman–Crippen LogP) is 1.03. The van der Waals surface area contributed by atoms with Crippen LogP contribution in [0.3, 0.4) is 0 Å². The van der Waals surface area contributed by atoms with Gasteiger partial charge in [0.15, 0.2) is 5.75 Å². The van der Waals surface area contributed by atoms with Gasteiger partial charge in [-0.1, -0.05) is 0 Å². The maximum absolute atomic E-state index is 5.53. The molecule has 0 aliphatic carbocycles. The van der Waals surface area contributed by atoms with Crippen molar-refractivity contribution in [2.75, 3.05) is 7.05 Å². The first-order valence-corrected chi connectivity index (χ1v) is 5.33. The minimum atomic E-state index is 0.350. The van der Waals surface area contributed by atoms with E-state index in [4.69, 9.17) is 4.74 Å². The van der Waals surface area contributed by atoms with Gasteiger partial charge in [0.1, 0.15) is 0 Å². The Balaban J connectivity index is 2.20. The van der Waals surface area contributed by atoms with Crippen molar-refractivity contribution in [3.63, 3.8) is 0 Å². The van der Waals surface area contributed by atoms with Crippen molar-refractivity contribution in [3.05, 3.63) is 29.8 Å². The SMILES string of the molecule is CNCc1cc(C)nc(Oc2cnn(C)c2)n1. The molecule has 0 radical (unpaired) electrons. The molecule has 0 unspecified atom stereocenters. The van der Waals surface area contributed by atoms with Crippen LogP contribution in [0.2, 0.25) is 0 Å². The van der Waals surface area contributed by atoms with E-state index >= 15 is 0 Å². The lowest BCUT2D eigenvalue weighted by Crippen LogP contribution is -2.08. The second-order valence-electron chi connectivity index (χ2n) is 3.77. The highest BCUT2D eigenvalue weighted by atomic mass is 16.5. The van der Waals surface area contributed by atoms with Crippen LogP contribution in [-0.4, -0.2) is 26.8 Å². The van der Waals surface area contributed by atoms with Crippen molar-refractivity contribution < 1.29 is 4.74 Å². The van der Waals surface area contributed by atoms with Gasteiger partial charge >= 0.3 is 6.01 Å². The predicted molar refractivity (Wildman–Crippen MR) is 62.8 cm³/mol. The second-order valence-corrected chi connectivity index (χ2v) is 3.77. The molecule has 6 heteroatoms. The normalized spacial score (nSPS) is 10.5. The number of aryl methyl sites for hydroxylation is 2. The lowest BCUT2D eigenvalue weighted by atomic mass is 10.3. The summed E-state index contributed by atoms with van der Waals surface area (Å²) in [6.07, 6.45) is 3.40. The van der Waals surface area contributed by atoms with E-state index in [1.807, 2.05) is 27.1 Å². The van der Waals surface area contributed by atoms with Crippen LogP contribution in [0.25, 0.3) is 0 Å². The summed E-state index contributed by atoms with van der Waals surface area (Å²) >= 11 is 0. The summed E-state index contributed by atoms with van der Waals surface area (Å²) in [7, 11) is 3.70. The zero-order chi connectivity index (χ0) is 12.3. The molecule has 2 heterocycles. The van der Waals surface area contributed by atoms with Gasteiger partial charge in [0.25, 0.3) is 0 Å². The molecule has 0 spiro atoms. The van der Waals surface area contributed by atoms with Crippen LogP contribution in [-0.2, 0) is 13.6 Å². The maximum Gasteiger partial charge on any atom is 0.322 e. The van der Waals surface area contributed by atoms with Crippen LogP contribution in [0.15, 0.2) is 18.5 Å². The Hall–Kier alpha value is -1.95. The van der Waals surface area contributed by atoms with Crippen molar-refractivity contribution in [3.8, 4) is 11.8 Å². The third-order valence-electron chi connectivity index (χ3n) is 2.13. The fraction of sp³-hybridized carbons (Fsp3) is 0.364. The second kappa shape index (κ2) is 4.92. The van der Waals surface area contributed by atoms with Crippen LogP contribution >= 0.6 is 0 Å². The van der Waals surface area contributed by atoms with Gasteiger partial charge in [-0.15, -0.1) is 0 Å². The molecule has 6 nitrogen and oxygen atoms in total. The Labute approximate surface area is 99.7 Å². The largest absolute Gasteiger partial charge is 0.421 e. The number of rotatable bonds is 4. The highest BCUT2D eigenvalue weighted by Gasteiger charge is 2.05. The van der Waals surface area contributed by atoms with E-state index in [-0.39, 0.29) is 0 Å². The number of hydrogen-bond donors (Lipinski definition) is 1. The molecule has 2 aromatic rings. The number of hydrogen-bond acceptors (Lipinski definition) is 5. The van der Waals surface area contributed by atoms with Crippen LogP contribution in [0.5, 0.6) is 11.8 Å². The van der Waals surface area contributed by atoms with Crippen LogP contribution < -0.4 is 10.1 Å². The van der Waals surface area contributed by atoms with E-state index in [0.717, 1.165) is 11.4 Å². The molecular formula is C11H15N5O. The molecule has 90 valence electrons. The average molecular weight is 233 g/mol. The molecule has 0 bridgehead atoms. The van der Waals surface area contributed by atoms with Gasteiger partial charge in [-0.25, -0.2) is 4.98 Å². The molecule has 0 amide bonds. The van der Waals surface area contributed by atoms with Crippen molar-refractivity contribution in [1.82, 2.24) is 25.1 Å². The molecule has 0 aliphatic heterocycles. The molecule has 0 saturated heterocycles. The van der Waals surface area contributed by atoms with E-state index in [1.54, 1.807) is 17.1 Å². The first kappa shape index (κ1) is 11.5. The minimum Gasteiger partial charge on any atom is -0.421 e. The van der Waals surface area contributed by atoms with Crippen molar-refractivity contribution in [2.24, 2.45) is 7.05 Å². The van der Waals surface area contributed by atoms with Gasteiger partial charge in [0.2, 0.25) is 0 Å². The molecule has 0 aromatic carbocycles. The first-order valence-electron chi connectivity index (χ1n) is 5.33. The van der Waals surface area contributed by atoms with E-state index in [9.17, 15) is 0 Å². The van der Waals surface area contributed by atoms with E-state index in [1.165, 1.54) is 0 Å². The first-order chi connectivity index (χ1) is 8.17. The van der Waals surface area contributed by atoms with E-state index in [0.29, 0.717) is 18.3 Å². The summed E-state index contributed by atoms with van der Waals surface area (Å²) in [6.45, 7) is 2.60. The zero-order valence-corrected chi connectivity index (χ0v) is 10.1. The lowest BCUT2D eigenvalue weighted by molar-refractivity contribution is 0.436. The Morgan fingerprint density at radius 1 is 1.41 bits per heavy atom. The Morgan fingerprint density at radius 2 is 2.24 bits per heavy atom. The van der Waals surface area contributed by atoms with E-state index in [2.05, 4.69) is 20.4 Å². The van der Waals surface area contributed by atoms with Crippen molar-refractivity contribution in [1.29, 1.82) is 0 Å². The Bertz CT molecular complexity index is 508. The van der Waals surface area contributed by atoms with E-state index < -0.39 is 0 Å². The molecular weight excluding hydrogens is 218 g/mol. The number of nitrogens with one attached hydrogen (secondary N) is 1. The molecule has 0 aliphatic rings. The summed E-state index contributed by atoms with van der Waals surface area (Å²) in [5, 5.41) is 7.06. The van der Waals surface area contributed by atoms with Gasteiger partial charge < -0.3 is 10.1 Å². The fourth-order valence-corrected chi connectivity index (χ4v) is 1.48. The molecule has 0 fully saturated rings. The molecule has 2 aromatic heterocycles. The molecule has 17 heavy (non-hydrogen) atoms. The van der Waals surface area contributed by atoms with Crippen LogP contribution in [0.1, 0.15) is 11.4 Å². The third-order valence-corrected chi connectivity index (χ3v) is 2.13. The molecule has 0 saturated carbocycles. The van der Waals surface area contributed by atoms with Crippen LogP contribution in [0.4, 0.5) is 0 Å². The highest BCUT2D eigenvalue weighted by molar-refractivity contribution is 5.19. The quantitative estimate of drug-likeness (QED) is 0.854. The van der Waals surface area contributed by atoms with Crippen molar-refractivity contribution >= 4 is 0 Å². The smallest absolute Gasteiger partial charge is 0.322 e. The average Bonchev–Trinajstić information content (AvgIpc) is 2.63. The summed E-state index contributed by atoms with van der Waals surface area (Å²) in [5.74, 6) is 0.633. The number of ether oxygens (including phenoxy) is 1. The van der Waals surface area contributed by atoms with Gasteiger partial charge in [-0.05, 0) is 20.0 Å². The van der Waals surface area contributed by atoms with Gasteiger partial charge in [-0.2, -0.15) is 10.1 Å². The third kappa shape index (κ3) is 3.01. The Kier molecular flexibility index (Phi) is 3.34. The monoisotopic (exact) mass is 233 g/mol. The molecule has 2 rings (SSSR count). The van der Waals surface area contributed by atoms with Gasteiger partial charge in [-0.3, -0.25) is 4.68 Å². The number of nitrogens with zero attached hydrogens (tertiary/aromatic N) is 4. The maximum atomic E-state index is 5.53. The Morgan fingerprint density at radius 3 is 2.88 bits per heavy atom. The summed E-state index contributed by atoms with van der Waals surface area (Å²) in [5.41, 5.74) is 1.78. The van der Waals surface area contributed by atoms with Crippen molar-refractivity contribution in [2.45, 2.75) is 13.5 Å². The fourth-order valence-electron chi connectivity index (χ4n) is 1.48. The topological polar surface area (TPSA) is 64.9 Å². The summed E-state index contributed by atoms with van der Waals surface area (Å²) in [6, 6.07) is 2.27. The van der Waals surface area contributed by atoms with Gasteiger partial charge in [0.05, 0.1) is 18.1 Å². The molecule has 1 N–H and O–H groups in total. The summed E-state index contributed by atoms with van der Waals surface area (Å²) < 4.78 is 7.20.